The minimum atomic E-state index is -2.59. The summed E-state index contributed by atoms with van der Waals surface area (Å²) in [4.78, 5) is 0. The van der Waals surface area contributed by atoms with Gasteiger partial charge in [-0.15, -0.1) is 0 Å². The highest BCUT2D eigenvalue weighted by molar-refractivity contribution is 6.99. The zero-order valence-corrected chi connectivity index (χ0v) is 23.3. The van der Waals surface area contributed by atoms with Crippen molar-refractivity contribution in [3.63, 3.8) is 0 Å². The first-order chi connectivity index (χ1) is 17.3. The Morgan fingerprint density at radius 1 is 0.833 bits per heavy atom. The summed E-state index contributed by atoms with van der Waals surface area (Å²) in [6, 6.07) is 31.7. The first-order valence-electron chi connectivity index (χ1n) is 12.9. The Labute approximate surface area is 217 Å². The largest absolute Gasteiger partial charge is 0.407 e. The van der Waals surface area contributed by atoms with Gasteiger partial charge in [0.2, 0.25) is 0 Å². The lowest BCUT2D eigenvalue weighted by Crippen LogP contribution is -2.66. The summed E-state index contributed by atoms with van der Waals surface area (Å²) in [7, 11) is 0.913. The van der Waals surface area contributed by atoms with Crippen molar-refractivity contribution in [3.8, 4) is 0 Å². The minimum Gasteiger partial charge on any atom is -0.407 e. The van der Waals surface area contributed by atoms with Crippen LogP contribution in [0.1, 0.15) is 45.6 Å². The maximum absolute atomic E-state index is 7.12. The predicted molar refractivity (Wildman–Crippen MR) is 148 cm³/mol. The van der Waals surface area contributed by atoms with Gasteiger partial charge >= 0.3 is 0 Å². The highest BCUT2D eigenvalue weighted by Crippen LogP contribution is 2.41. The number of rotatable bonds is 9. The van der Waals surface area contributed by atoms with E-state index >= 15 is 0 Å². The Bertz CT molecular complexity index is 1030. The molecule has 0 amide bonds. The van der Waals surface area contributed by atoms with Gasteiger partial charge in [0.15, 0.2) is 5.79 Å². The maximum atomic E-state index is 7.12. The standard InChI is InChI=1S/C31H40O4Si/c1-30(2,3)36(28-17-11-7-12-18-28,29-19-13-8-14-20-29)34-22-21-26-23-27(32-4)24-31(33-5,35-26)25-15-9-6-10-16-25/h6-20,26-27H,21-24H2,1-5H3/t26-,27-,31-/m1/s1. The van der Waals surface area contributed by atoms with Crippen molar-refractivity contribution in [3.05, 3.63) is 96.6 Å². The summed E-state index contributed by atoms with van der Waals surface area (Å²) in [6.45, 7) is 7.52. The van der Waals surface area contributed by atoms with E-state index in [2.05, 4.69) is 93.6 Å². The van der Waals surface area contributed by atoms with Crippen molar-refractivity contribution in [2.24, 2.45) is 0 Å². The van der Waals surface area contributed by atoms with Crippen LogP contribution in [0, 0.1) is 0 Å². The second kappa shape index (κ2) is 11.4. The van der Waals surface area contributed by atoms with Crippen LogP contribution in [-0.2, 0) is 24.4 Å². The molecule has 36 heavy (non-hydrogen) atoms. The lowest BCUT2D eigenvalue weighted by molar-refractivity contribution is -0.298. The van der Waals surface area contributed by atoms with Crippen LogP contribution < -0.4 is 10.4 Å². The molecule has 0 bridgehead atoms. The number of methoxy groups -OCH3 is 2. The Kier molecular flexibility index (Phi) is 8.48. The molecule has 4 rings (SSSR count). The molecule has 0 aromatic heterocycles. The van der Waals surface area contributed by atoms with Gasteiger partial charge in [-0.3, -0.25) is 0 Å². The normalized spacial score (nSPS) is 22.9. The molecule has 0 radical (unpaired) electrons. The maximum Gasteiger partial charge on any atom is 0.261 e. The Morgan fingerprint density at radius 2 is 1.36 bits per heavy atom. The summed E-state index contributed by atoms with van der Waals surface area (Å²) in [5.74, 6) is -0.817. The van der Waals surface area contributed by atoms with Gasteiger partial charge in [-0.1, -0.05) is 112 Å². The van der Waals surface area contributed by atoms with Crippen LogP contribution in [0.25, 0.3) is 0 Å². The molecule has 1 heterocycles. The molecule has 1 aliphatic heterocycles. The van der Waals surface area contributed by atoms with Crippen molar-refractivity contribution in [1.82, 2.24) is 0 Å². The second-order valence-electron chi connectivity index (χ2n) is 10.7. The molecule has 5 heteroatoms. The van der Waals surface area contributed by atoms with Crippen molar-refractivity contribution in [2.45, 2.75) is 63.1 Å². The zero-order chi connectivity index (χ0) is 25.7. The lowest BCUT2D eigenvalue weighted by atomic mass is 9.91. The number of hydrogen-bond donors (Lipinski definition) is 0. The molecule has 3 aromatic rings. The van der Waals surface area contributed by atoms with Crippen LogP contribution in [0.3, 0.4) is 0 Å². The van der Waals surface area contributed by atoms with E-state index in [1.165, 1.54) is 10.4 Å². The summed E-state index contributed by atoms with van der Waals surface area (Å²) in [5.41, 5.74) is 1.02. The SMILES string of the molecule is CO[C@@H]1C[C@@H](CCO[Si](c2ccccc2)(c2ccccc2)C(C)(C)C)O[C@@](OC)(c2ccccc2)C1. The highest BCUT2D eigenvalue weighted by atomic mass is 28.4. The fraction of sp³-hybridized carbons (Fsp3) is 0.419. The van der Waals surface area contributed by atoms with Crippen molar-refractivity contribution in [1.29, 1.82) is 0 Å². The molecule has 3 aromatic carbocycles. The van der Waals surface area contributed by atoms with Crippen molar-refractivity contribution < 1.29 is 18.6 Å². The van der Waals surface area contributed by atoms with E-state index in [0.717, 1.165) is 18.4 Å². The van der Waals surface area contributed by atoms with Crippen LogP contribution in [0.4, 0.5) is 0 Å². The molecule has 0 spiro atoms. The van der Waals surface area contributed by atoms with Crippen molar-refractivity contribution >= 4 is 18.7 Å². The van der Waals surface area contributed by atoms with E-state index in [4.69, 9.17) is 18.6 Å². The topological polar surface area (TPSA) is 36.9 Å². The van der Waals surface area contributed by atoms with Gasteiger partial charge < -0.3 is 18.6 Å². The van der Waals surface area contributed by atoms with Crippen molar-refractivity contribution in [2.75, 3.05) is 20.8 Å². The Hall–Kier alpha value is -2.28. The van der Waals surface area contributed by atoms with Crippen LogP contribution in [0.2, 0.25) is 5.04 Å². The summed E-state index contributed by atoms with van der Waals surface area (Å²) in [6.07, 6.45) is 2.26. The average molecular weight is 505 g/mol. The molecule has 0 aliphatic carbocycles. The van der Waals surface area contributed by atoms with E-state index in [0.29, 0.717) is 13.0 Å². The highest BCUT2D eigenvalue weighted by Gasteiger charge is 2.50. The molecular weight excluding hydrogens is 464 g/mol. The minimum absolute atomic E-state index is 0.0397. The average Bonchev–Trinajstić information content (AvgIpc) is 2.91. The third-order valence-electron chi connectivity index (χ3n) is 7.43. The molecule has 0 N–H and O–H groups in total. The lowest BCUT2D eigenvalue weighted by Gasteiger charge is -2.45. The van der Waals surface area contributed by atoms with Gasteiger partial charge in [0.25, 0.3) is 8.32 Å². The molecule has 0 saturated carbocycles. The van der Waals surface area contributed by atoms with E-state index in [-0.39, 0.29) is 17.2 Å². The molecule has 0 unspecified atom stereocenters. The monoisotopic (exact) mass is 504 g/mol. The van der Waals surface area contributed by atoms with E-state index < -0.39 is 14.1 Å². The van der Waals surface area contributed by atoms with Crippen LogP contribution in [-0.4, -0.2) is 41.4 Å². The fourth-order valence-electron chi connectivity index (χ4n) is 5.63. The third-order valence-corrected chi connectivity index (χ3v) is 12.5. The van der Waals surface area contributed by atoms with Gasteiger partial charge in [0.1, 0.15) is 0 Å². The van der Waals surface area contributed by atoms with E-state index in [1.54, 1.807) is 14.2 Å². The molecule has 3 atom stereocenters. The first kappa shape index (κ1) is 26.8. The molecule has 192 valence electrons. The van der Waals surface area contributed by atoms with Crippen LogP contribution in [0.5, 0.6) is 0 Å². The van der Waals surface area contributed by atoms with Gasteiger partial charge in [-0.2, -0.15) is 0 Å². The van der Waals surface area contributed by atoms with Gasteiger partial charge in [0, 0.05) is 39.2 Å². The molecular formula is C31H40O4Si. The molecule has 1 aliphatic rings. The summed E-state index contributed by atoms with van der Waals surface area (Å²) in [5, 5.41) is 2.52. The van der Waals surface area contributed by atoms with Gasteiger partial charge in [-0.25, -0.2) is 0 Å². The zero-order valence-electron chi connectivity index (χ0n) is 22.3. The number of ether oxygens (including phenoxy) is 3. The number of hydrogen-bond acceptors (Lipinski definition) is 4. The van der Waals surface area contributed by atoms with E-state index in [9.17, 15) is 0 Å². The van der Waals surface area contributed by atoms with Gasteiger partial charge in [-0.05, 0) is 21.8 Å². The quantitative estimate of drug-likeness (QED) is 0.353. The third kappa shape index (κ3) is 5.36. The molecule has 1 fully saturated rings. The summed E-state index contributed by atoms with van der Waals surface area (Å²) >= 11 is 0. The first-order valence-corrected chi connectivity index (χ1v) is 14.8. The van der Waals surface area contributed by atoms with Crippen LogP contribution in [0.15, 0.2) is 91.0 Å². The fourth-order valence-corrected chi connectivity index (χ4v) is 10.2. The number of benzene rings is 3. The van der Waals surface area contributed by atoms with E-state index in [1.807, 2.05) is 18.2 Å². The van der Waals surface area contributed by atoms with Gasteiger partial charge in [0.05, 0.1) is 12.2 Å². The van der Waals surface area contributed by atoms with Crippen LogP contribution >= 0.6 is 0 Å². The Morgan fingerprint density at radius 3 is 1.83 bits per heavy atom. The molecule has 4 nitrogen and oxygen atoms in total. The summed E-state index contributed by atoms with van der Waals surface area (Å²) < 4.78 is 25.7. The smallest absolute Gasteiger partial charge is 0.261 e. The predicted octanol–water partition coefficient (Wildman–Crippen LogP) is 5.65. The second-order valence-corrected chi connectivity index (χ2v) is 15.0. The Balaban J connectivity index is 1.61. The molecule has 1 saturated heterocycles.